The van der Waals surface area contributed by atoms with E-state index in [2.05, 4.69) is 0 Å². The van der Waals surface area contributed by atoms with Crippen LogP contribution in [0.15, 0.2) is 60.7 Å². The average molecular weight is 234 g/mol. The Hall–Kier alpha value is -1.04. The summed E-state index contributed by atoms with van der Waals surface area (Å²) in [4.78, 5) is 0. The summed E-state index contributed by atoms with van der Waals surface area (Å²) in [5.41, 5.74) is 2.09. The molecular formula is C15H15LiO2. The molecule has 0 amide bonds. The summed E-state index contributed by atoms with van der Waals surface area (Å²) in [5, 5.41) is 0. The van der Waals surface area contributed by atoms with Crippen LogP contribution < -0.4 is 0 Å². The van der Waals surface area contributed by atoms with Gasteiger partial charge in [0.15, 0.2) is 0 Å². The Morgan fingerprint density at radius 2 is 1.06 bits per heavy atom. The fourth-order valence-corrected chi connectivity index (χ4v) is 2.23. The van der Waals surface area contributed by atoms with Gasteiger partial charge in [-0.05, 0) is 0 Å². The van der Waals surface area contributed by atoms with E-state index in [4.69, 9.17) is 9.47 Å². The molecule has 0 radical (unpaired) electrons. The normalized spacial score (nSPS) is 17.1. The SMILES string of the molecule is [LiH].c1ccc(C2(c3ccccc3)OCCO2)cc1. The van der Waals surface area contributed by atoms with E-state index < -0.39 is 5.79 Å². The van der Waals surface area contributed by atoms with Gasteiger partial charge in [-0.2, -0.15) is 0 Å². The van der Waals surface area contributed by atoms with E-state index in [0.717, 1.165) is 11.1 Å². The van der Waals surface area contributed by atoms with Gasteiger partial charge < -0.3 is 9.47 Å². The second-order valence-corrected chi connectivity index (χ2v) is 4.05. The first-order valence-electron chi connectivity index (χ1n) is 5.81. The minimum absolute atomic E-state index is 0. The molecule has 0 aromatic heterocycles. The molecule has 2 nitrogen and oxygen atoms in total. The van der Waals surface area contributed by atoms with E-state index in [1.54, 1.807) is 0 Å². The molecular weight excluding hydrogens is 219 g/mol. The second kappa shape index (κ2) is 5.73. The predicted octanol–water partition coefficient (Wildman–Crippen LogP) is 2.29. The fraction of sp³-hybridized carbons (Fsp3) is 0.200. The molecule has 1 aliphatic heterocycles. The van der Waals surface area contributed by atoms with Gasteiger partial charge >= 0.3 is 18.9 Å². The van der Waals surface area contributed by atoms with Gasteiger partial charge in [0, 0.05) is 11.1 Å². The van der Waals surface area contributed by atoms with Crippen LogP contribution in [0, 0.1) is 0 Å². The van der Waals surface area contributed by atoms with Crippen molar-refractivity contribution in [3.05, 3.63) is 71.8 Å². The largest absolute Gasteiger partial charge is 0.340 e. The third-order valence-electron chi connectivity index (χ3n) is 3.00. The van der Waals surface area contributed by atoms with Crippen LogP contribution in [0.2, 0.25) is 0 Å². The summed E-state index contributed by atoms with van der Waals surface area (Å²) >= 11 is 0. The van der Waals surface area contributed by atoms with Crippen LogP contribution in [0.5, 0.6) is 0 Å². The maximum absolute atomic E-state index is 5.89. The molecule has 88 valence electrons. The standard InChI is InChI=1S/C15H14O2.Li.H/c1-3-7-13(8-4-1)15(16-11-12-17-15)14-9-5-2-6-10-14;;/h1-10H,11-12H2;;. The van der Waals surface area contributed by atoms with E-state index in [-0.39, 0.29) is 18.9 Å². The fourth-order valence-electron chi connectivity index (χ4n) is 2.23. The van der Waals surface area contributed by atoms with Crippen LogP contribution >= 0.6 is 0 Å². The maximum Gasteiger partial charge on any atom is 0.222 e. The number of benzene rings is 2. The summed E-state index contributed by atoms with van der Waals surface area (Å²) in [6.07, 6.45) is 0. The van der Waals surface area contributed by atoms with Gasteiger partial charge in [-0.1, -0.05) is 60.7 Å². The maximum atomic E-state index is 5.89. The first-order valence-corrected chi connectivity index (χ1v) is 5.81. The smallest absolute Gasteiger partial charge is 0.222 e. The van der Waals surface area contributed by atoms with Gasteiger partial charge in [0.25, 0.3) is 0 Å². The summed E-state index contributed by atoms with van der Waals surface area (Å²) in [6.45, 7) is 1.26. The van der Waals surface area contributed by atoms with Gasteiger partial charge in [0.1, 0.15) is 0 Å². The molecule has 18 heavy (non-hydrogen) atoms. The first-order chi connectivity index (χ1) is 8.42. The van der Waals surface area contributed by atoms with E-state index in [1.807, 2.05) is 60.7 Å². The van der Waals surface area contributed by atoms with Crippen molar-refractivity contribution >= 4 is 18.9 Å². The van der Waals surface area contributed by atoms with E-state index in [9.17, 15) is 0 Å². The van der Waals surface area contributed by atoms with Crippen molar-refractivity contribution in [2.75, 3.05) is 13.2 Å². The van der Waals surface area contributed by atoms with Gasteiger partial charge in [-0.15, -0.1) is 0 Å². The summed E-state index contributed by atoms with van der Waals surface area (Å²) < 4.78 is 11.8. The molecule has 0 bridgehead atoms. The molecule has 1 aliphatic rings. The third-order valence-corrected chi connectivity index (χ3v) is 3.00. The Morgan fingerprint density at radius 1 is 0.667 bits per heavy atom. The predicted molar refractivity (Wildman–Crippen MR) is 72.7 cm³/mol. The zero-order chi connectivity index (χ0) is 11.6. The Kier molecular flexibility index (Phi) is 4.26. The van der Waals surface area contributed by atoms with Gasteiger partial charge in [0.2, 0.25) is 5.79 Å². The zero-order valence-corrected chi connectivity index (χ0v) is 9.50. The molecule has 0 spiro atoms. The van der Waals surface area contributed by atoms with Crippen LogP contribution in [0.3, 0.4) is 0 Å². The molecule has 2 aromatic rings. The molecule has 0 aliphatic carbocycles. The van der Waals surface area contributed by atoms with Crippen molar-refractivity contribution in [3.63, 3.8) is 0 Å². The number of ether oxygens (including phenoxy) is 2. The van der Waals surface area contributed by atoms with E-state index in [0.29, 0.717) is 13.2 Å². The molecule has 1 fully saturated rings. The van der Waals surface area contributed by atoms with Crippen molar-refractivity contribution in [1.29, 1.82) is 0 Å². The van der Waals surface area contributed by atoms with Crippen molar-refractivity contribution in [2.24, 2.45) is 0 Å². The van der Waals surface area contributed by atoms with Crippen LogP contribution in [0.4, 0.5) is 0 Å². The van der Waals surface area contributed by atoms with Crippen LogP contribution in [-0.2, 0) is 15.3 Å². The zero-order valence-electron chi connectivity index (χ0n) is 9.50. The molecule has 0 saturated carbocycles. The Balaban J connectivity index is 0.00000120. The second-order valence-electron chi connectivity index (χ2n) is 4.05. The monoisotopic (exact) mass is 234 g/mol. The van der Waals surface area contributed by atoms with Gasteiger partial charge in [0.05, 0.1) is 13.2 Å². The van der Waals surface area contributed by atoms with Gasteiger partial charge in [-0.3, -0.25) is 0 Å². The minimum Gasteiger partial charge on any atom is -0.340 e. The van der Waals surface area contributed by atoms with Crippen LogP contribution in [-0.4, -0.2) is 32.1 Å². The third kappa shape index (κ3) is 2.25. The van der Waals surface area contributed by atoms with Crippen molar-refractivity contribution in [2.45, 2.75) is 5.79 Å². The quantitative estimate of drug-likeness (QED) is 0.742. The molecule has 1 saturated heterocycles. The van der Waals surface area contributed by atoms with Crippen molar-refractivity contribution < 1.29 is 9.47 Å². The molecule has 3 rings (SSSR count). The number of hydrogen-bond donors (Lipinski definition) is 0. The van der Waals surface area contributed by atoms with Crippen LogP contribution in [0.1, 0.15) is 11.1 Å². The first kappa shape index (κ1) is 13.4. The Morgan fingerprint density at radius 3 is 1.44 bits per heavy atom. The Bertz CT molecular complexity index is 437. The van der Waals surface area contributed by atoms with E-state index in [1.165, 1.54) is 0 Å². The molecule has 0 atom stereocenters. The van der Waals surface area contributed by atoms with Gasteiger partial charge in [-0.25, -0.2) is 0 Å². The Labute approximate surface area is 119 Å². The summed E-state index contributed by atoms with van der Waals surface area (Å²) in [6, 6.07) is 20.2. The summed E-state index contributed by atoms with van der Waals surface area (Å²) in [7, 11) is 0. The molecule has 2 aromatic carbocycles. The van der Waals surface area contributed by atoms with Crippen LogP contribution in [0.25, 0.3) is 0 Å². The summed E-state index contributed by atoms with van der Waals surface area (Å²) in [5.74, 6) is -0.720. The minimum atomic E-state index is -0.720. The van der Waals surface area contributed by atoms with Crippen molar-refractivity contribution in [3.8, 4) is 0 Å². The number of rotatable bonds is 2. The molecule has 0 N–H and O–H groups in total. The molecule has 1 heterocycles. The van der Waals surface area contributed by atoms with Crippen molar-refractivity contribution in [1.82, 2.24) is 0 Å². The number of hydrogen-bond acceptors (Lipinski definition) is 2. The molecule has 3 heteroatoms. The topological polar surface area (TPSA) is 18.5 Å². The van der Waals surface area contributed by atoms with E-state index >= 15 is 0 Å². The molecule has 0 unspecified atom stereocenters. The average Bonchev–Trinajstić information content (AvgIpc) is 2.91.